The predicted octanol–water partition coefficient (Wildman–Crippen LogP) is 4.16. The van der Waals surface area contributed by atoms with Crippen LogP contribution in [0.2, 0.25) is 5.02 Å². The maximum absolute atomic E-state index is 12.5. The van der Waals surface area contributed by atoms with Crippen LogP contribution in [-0.4, -0.2) is 29.9 Å². The third kappa shape index (κ3) is 3.91. The molecule has 0 spiro atoms. The van der Waals surface area contributed by atoms with E-state index in [1.54, 1.807) is 0 Å². The summed E-state index contributed by atoms with van der Waals surface area (Å²) < 4.78 is 0. The molecule has 21 heavy (non-hydrogen) atoms. The first-order valence-corrected chi connectivity index (χ1v) is 8.20. The molecule has 0 saturated carbocycles. The van der Waals surface area contributed by atoms with Crippen molar-refractivity contribution in [1.82, 2.24) is 4.90 Å². The van der Waals surface area contributed by atoms with Crippen LogP contribution in [0.4, 0.5) is 5.69 Å². The highest BCUT2D eigenvalue weighted by molar-refractivity contribution is 6.33. The van der Waals surface area contributed by atoms with Gasteiger partial charge < -0.3 is 10.2 Å². The Labute approximate surface area is 132 Å². The monoisotopic (exact) mass is 308 g/mol. The number of halogens is 1. The van der Waals surface area contributed by atoms with Crippen molar-refractivity contribution in [2.45, 2.75) is 52.5 Å². The van der Waals surface area contributed by atoms with Crippen LogP contribution < -0.4 is 5.32 Å². The first-order chi connectivity index (χ1) is 10.0. The molecule has 1 fully saturated rings. The van der Waals surface area contributed by atoms with Crippen molar-refractivity contribution in [2.24, 2.45) is 0 Å². The van der Waals surface area contributed by atoms with Crippen LogP contribution >= 0.6 is 11.6 Å². The van der Waals surface area contributed by atoms with E-state index in [0.29, 0.717) is 17.6 Å². The quantitative estimate of drug-likeness (QED) is 0.906. The molecule has 1 atom stereocenters. The van der Waals surface area contributed by atoms with Gasteiger partial charge in [-0.15, -0.1) is 0 Å². The number of hydrogen-bond donors (Lipinski definition) is 1. The number of nitrogens with one attached hydrogen (secondary N) is 1. The minimum atomic E-state index is 0.178. The fourth-order valence-electron chi connectivity index (χ4n) is 3.16. The molecule has 0 aromatic heterocycles. The van der Waals surface area contributed by atoms with E-state index in [-0.39, 0.29) is 5.91 Å². The molecule has 1 heterocycles. The van der Waals surface area contributed by atoms with Crippen molar-refractivity contribution in [2.75, 3.05) is 18.4 Å². The smallest absolute Gasteiger partial charge is 0.242 e. The fraction of sp³-hybridized carbons (Fsp3) is 0.588. The van der Waals surface area contributed by atoms with Gasteiger partial charge >= 0.3 is 0 Å². The van der Waals surface area contributed by atoms with E-state index in [4.69, 9.17) is 11.6 Å². The van der Waals surface area contributed by atoms with Gasteiger partial charge in [0.2, 0.25) is 5.91 Å². The molecule has 1 saturated heterocycles. The van der Waals surface area contributed by atoms with Crippen LogP contribution in [-0.2, 0) is 4.79 Å². The summed E-state index contributed by atoms with van der Waals surface area (Å²) in [7, 11) is 0. The summed E-state index contributed by atoms with van der Waals surface area (Å²) in [5.41, 5.74) is 3.09. The van der Waals surface area contributed by atoms with Crippen LogP contribution in [0.25, 0.3) is 0 Å². The number of aryl methyl sites for hydroxylation is 2. The molecule has 1 aliphatic heterocycles. The highest BCUT2D eigenvalue weighted by Gasteiger charge is 2.25. The van der Waals surface area contributed by atoms with E-state index >= 15 is 0 Å². The minimum Gasteiger partial charge on any atom is -0.375 e. The van der Waals surface area contributed by atoms with E-state index in [2.05, 4.69) is 18.3 Å². The van der Waals surface area contributed by atoms with Crippen molar-refractivity contribution < 1.29 is 4.79 Å². The van der Waals surface area contributed by atoms with Gasteiger partial charge in [0.25, 0.3) is 0 Å². The second kappa shape index (κ2) is 7.17. The maximum atomic E-state index is 12.5. The van der Waals surface area contributed by atoms with Crippen LogP contribution in [0.15, 0.2) is 12.1 Å². The Morgan fingerprint density at radius 3 is 2.81 bits per heavy atom. The van der Waals surface area contributed by atoms with E-state index in [0.717, 1.165) is 42.6 Å². The van der Waals surface area contributed by atoms with E-state index in [1.165, 1.54) is 6.42 Å². The van der Waals surface area contributed by atoms with Gasteiger partial charge in [-0.2, -0.15) is 0 Å². The fourth-order valence-corrected chi connectivity index (χ4v) is 3.55. The van der Waals surface area contributed by atoms with Crippen LogP contribution in [0.3, 0.4) is 0 Å². The average molecular weight is 309 g/mol. The molecule has 1 aliphatic rings. The zero-order chi connectivity index (χ0) is 15.4. The van der Waals surface area contributed by atoms with Crippen molar-refractivity contribution in [3.63, 3.8) is 0 Å². The lowest BCUT2D eigenvalue weighted by Gasteiger charge is -2.35. The molecule has 1 amide bonds. The summed E-state index contributed by atoms with van der Waals surface area (Å²) in [6, 6.07) is 4.41. The van der Waals surface area contributed by atoms with E-state index in [1.807, 2.05) is 24.8 Å². The predicted molar refractivity (Wildman–Crippen MR) is 89.1 cm³/mol. The highest BCUT2D eigenvalue weighted by Crippen LogP contribution is 2.27. The molecular weight excluding hydrogens is 284 g/mol. The number of piperidine rings is 1. The van der Waals surface area contributed by atoms with Crippen LogP contribution in [0.5, 0.6) is 0 Å². The Balaban J connectivity index is 2.01. The van der Waals surface area contributed by atoms with Gasteiger partial charge in [-0.3, -0.25) is 4.79 Å². The Kier molecular flexibility index (Phi) is 5.51. The SMILES string of the molecule is CCC1CCCCN1C(=O)CNc1c(C)cc(C)cc1Cl. The summed E-state index contributed by atoms with van der Waals surface area (Å²) in [5, 5.41) is 3.91. The third-order valence-electron chi connectivity index (χ3n) is 4.27. The molecule has 1 aromatic rings. The zero-order valence-corrected chi connectivity index (χ0v) is 14.0. The van der Waals surface area contributed by atoms with Crippen molar-refractivity contribution >= 4 is 23.2 Å². The molecule has 2 rings (SSSR count). The number of hydrogen-bond acceptors (Lipinski definition) is 2. The summed E-state index contributed by atoms with van der Waals surface area (Å²) in [6.45, 7) is 7.40. The number of carbonyl (C=O) groups is 1. The van der Waals surface area contributed by atoms with Gasteiger partial charge in [0.15, 0.2) is 0 Å². The van der Waals surface area contributed by atoms with Crippen molar-refractivity contribution in [3.8, 4) is 0 Å². The minimum absolute atomic E-state index is 0.178. The summed E-state index contributed by atoms with van der Waals surface area (Å²) in [4.78, 5) is 14.5. The molecule has 1 N–H and O–H groups in total. The molecule has 0 aliphatic carbocycles. The third-order valence-corrected chi connectivity index (χ3v) is 4.56. The molecular formula is C17H25ClN2O. The standard InChI is InChI=1S/C17H25ClN2O/c1-4-14-7-5-6-8-20(14)16(21)11-19-17-13(3)9-12(2)10-15(17)18/h9-10,14,19H,4-8,11H2,1-3H3. The van der Waals surface area contributed by atoms with E-state index < -0.39 is 0 Å². The van der Waals surface area contributed by atoms with Gasteiger partial charge in [-0.05, 0) is 56.7 Å². The topological polar surface area (TPSA) is 32.3 Å². The number of anilines is 1. The Hall–Kier alpha value is -1.22. The molecule has 4 heteroatoms. The number of nitrogens with zero attached hydrogens (tertiary/aromatic N) is 1. The molecule has 1 unspecified atom stereocenters. The van der Waals surface area contributed by atoms with Gasteiger partial charge in [-0.25, -0.2) is 0 Å². The van der Waals surface area contributed by atoms with Gasteiger partial charge in [-0.1, -0.05) is 24.6 Å². The zero-order valence-electron chi connectivity index (χ0n) is 13.2. The second-order valence-electron chi connectivity index (χ2n) is 5.94. The first kappa shape index (κ1) is 16.2. The van der Waals surface area contributed by atoms with E-state index in [9.17, 15) is 4.79 Å². The van der Waals surface area contributed by atoms with Crippen molar-refractivity contribution in [3.05, 3.63) is 28.3 Å². The number of amides is 1. The Bertz CT molecular complexity index is 493. The lowest BCUT2D eigenvalue weighted by Crippen LogP contribution is -2.45. The summed E-state index contributed by atoms with van der Waals surface area (Å²) >= 11 is 6.27. The maximum Gasteiger partial charge on any atom is 0.242 e. The molecule has 116 valence electrons. The Morgan fingerprint density at radius 2 is 2.14 bits per heavy atom. The van der Waals surface area contributed by atoms with Gasteiger partial charge in [0, 0.05) is 12.6 Å². The molecule has 0 radical (unpaired) electrons. The lowest BCUT2D eigenvalue weighted by molar-refractivity contribution is -0.133. The van der Waals surface area contributed by atoms with Crippen LogP contribution in [0, 0.1) is 13.8 Å². The molecule has 3 nitrogen and oxygen atoms in total. The number of rotatable bonds is 4. The Morgan fingerprint density at radius 1 is 1.38 bits per heavy atom. The second-order valence-corrected chi connectivity index (χ2v) is 6.34. The van der Waals surface area contributed by atoms with Gasteiger partial charge in [0.1, 0.15) is 0 Å². The highest BCUT2D eigenvalue weighted by atomic mass is 35.5. The van der Waals surface area contributed by atoms with Crippen LogP contribution in [0.1, 0.15) is 43.7 Å². The number of likely N-dealkylation sites (tertiary alicyclic amines) is 1. The number of carbonyl (C=O) groups excluding carboxylic acids is 1. The normalized spacial score (nSPS) is 18.7. The van der Waals surface area contributed by atoms with Gasteiger partial charge in [0.05, 0.1) is 17.3 Å². The first-order valence-electron chi connectivity index (χ1n) is 7.83. The average Bonchev–Trinajstić information content (AvgIpc) is 2.45. The largest absolute Gasteiger partial charge is 0.375 e. The number of benzene rings is 1. The summed E-state index contributed by atoms with van der Waals surface area (Å²) in [5.74, 6) is 0.178. The molecule has 0 bridgehead atoms. The lowest BCUT2D eigenvalue weighted by atomic mass is 10.00. The van der Waals surface area contributed by atoms with Crippen molar-refractivity contribution in [1.29, 1.82) is 0 Å². The molecule has 1 aromatic carbocycles. The summed E-state index contributed by atoms with van der Waals surface area (Å²) in [6.07, 6.45) is 4.52.